The van der Waals surface area contributed by atoms with Crippen molar-refractivity contribution < 1.29 is 0 Å². The first-order chi connectivity index (χ1) is 4.74. The van der Waals surface area contributed by atoms with Crippen LogP contribution in [0.1, 0.15) is 5.56 Å². The second-order valence-electron chi connectivity index (χ2n) is 2.05. The molecule has 0 saturated heterocycles. The van der Waals surface area contributed by atoms with Gasteiger partial charge in [0.15, 0.2) is 0 Å². The second kappa shape index (κ2) is 2.92. The fraction of sp³-hybridized carbons (Fsp3) is 0.286. The molecule has 0 amide bonds. The maximum absolute atomic E-state index is 10.8. The molecule has 0 fully saturated rings. The van der Waals surface area contributed by atoms with Crippen molar-refractivity contribution >= 4 is 11.8 Å². The molecule has 1 heterocycles. The molecular formula is C7H9NOS. The van der Waals surface area contributed by atoms with Gasteiger partial charge in [0.05, 0.1) is 0 Å². The van der Waals surface area contributed by atoms with Crippen LogP contribution in [0.4, 0.5) is 0 Å². The zero-order valence-electron chi connectivity index (χ0n) is 5.97. The monoisotopic (exact) mass is 155 g/mol. The summed E-state index contributed by atoms with van der Waals surface area (Å²) in [4.78, 5) is 14.6. The fourth-order valence-corrected chi connectivity index (χ4v) is 1.16. The van der Waals surface area contributed by atoms with Gasteiger partial charge in [-0.3, -0.25) is 4.79 Å². The molecular weight excluding hydrogens is 146 g/mol. The number of hydrogen-bond donors (Lipinski definition) is 1. The summed E-state index contributed by atoms with van der Waals surface area (Å²) >= 11 is 1.62. The minimum Gasteiger partial charge on any atom is -0.328 e. The molecule has 3 heteroatoms. The van der Waals surface area contributed by atoms with E-state index in [0.29, 0.717) is 0 Å². The molecule has 0 aliphatic rings. The summed E-state index contributed by atoms with van der Waals surface area (Å²) in [7, 11) is 0. The van der Waals surface area contributed by atoms with Crippen LogP contribution >= 0.6 is 11.8 Å². The maximum Gasteiger partial charge on any atom is 0.250 e. The van der Waals surface area contributed by atoms with Crippen molar-refractivity contribution in [2.45, 2.75) is 11.8 Å². The Labute approximate surface area is 63.7 Å². The average Bonchev–Trinajstić information content (AvgIpc) is 1.95. The third-order valence-corrected chi connectivity index (χ3v) is 2.01. The summed E-state index contributed by atoms with van der Waals surface area (Å²) in [5.41, 5.74) is 0.768. The van der Waals surface area contributed by atoms with Crippen LogP contribution in [0.2, 0.25) is 0 Å². The minimum absolute atomic E-state index is 0.00204. The van der Waals surface area contributed by atoms with Crippen LogP contribution in [0.3, 0.4) is 0 Å². The first kappa shape index (κ1) is 7.41. The summed E-state index contributed by atoms with van der Waals surface area (Å²) in [6.45, 7) is 1.80. The van der Waals surface area contributed by atoms with Crippen molar-refractivity contribution in [2.24, 2.45) is 0 Å². The molecule has 0 radical (unpaired) electrons. The molecule has 1 N–H and O–H groups in total. The fourth-order valence-electron chi connectivity index (χ4n) is 0.689. The Morgan fingerprint density at radius 1 is 1.60 bits per heavy atom. The number of thioether (sulfide) groups is 1. The predicted molar refractivity (Wildman–Crippen MR) is 43.6 cm³/mol. The minimum atomic E-state index is -0.00204. The average molecular weight is 155 g/mol. The van der Waals surface area contributed by atoms with Gasteiger partial charge in [0, 0.05) is 16.7 Å². The van der Waals surface area contributed by atoms with E-state index in [1.165, 1.54) is 0 Å². The predicted octanol–water partition coefficient (Wildman–Crippen LogP) is 1.41. The number of rotatable bonds is 1. The number of hydrogen-bond acceptors (Lipinski definition) is 2. The molecule has 0 aliphatic carbocycles. The number of aryl methyl sites for hydroxylation is 1. The summed E-state index contributed by atoms with van der Waals surface area (Å²) in [5, 5.41) is 0. The quantitative estimate of drug-likeness (QED) is 0.622. The Kier molecular flexibility index (Phi) is 2.17. The smallest absolute Gasteiger partial charge is 0.250 e. The molecule has 2 nitrogen and oxygen atoms in total. The van der Waals surface area contributed by atoms with Gasteiger partial charge in [-0.1, -0.05) is 0 Å². The van der Waals surface area contributed by atoms with E-state index in [1.54, 1.807) is 24.9 Å². The molecule has 0 aromatic carbocycles. The van der Waals surface area contributed by atoms with E-state index < -0.39 is 0 Å². The Morgan fingerprint density at radius 3 is 2.80 bits per heavy atom. The van der Waals surface area contributed by atoms with Crippen LogP contribution in [0, 0.1) is 6.92 Å². The van der Waals surface area contributed by atoms with Crippen LogP contribution in [0.5, 0.6) is 0 Å². The topological polar surface area (TPSA) is 32.9 Å². The molecule has 0 spiro atoms. The Bertz CT molecular complexity index is 279. The zero-order valence-corrected chi connectivity index (χ0v) is 6.79. The number of H-pyrrole nitrogens is 1. The van der Waals surface area contributed by atoms with Crippen molar-refractivity contribution in [1.29, 1.82) is 0 Å². The molecule has 1 rings (SSSR count). The maximum atomic E-state index is 10.8. The van der Waals surface area contributed by atoms with Gasteiger partial charge in [0.1, 0.15) is 0 Å². The highest BCUT2D eigenvalue weighted by Gasteiger charge is 1.93. The first-order valence-corrected chi connectivity index (χ1v) is 4.20. The molecule has 1 aromatic heterocycles. The van der Waals surface area contributed by atoms with Crippen molar-refractivity contribution in [1.82, 2.24) is 4.98 Å². The normalized spacial score (nSPS) is 9.80. The highest BCUT2D eigenvalue weighted by Crippen LogP contribution is 2.11. The summed E-state index contributed by atoms with van der Waals surface area (Å²) < 4.78 is 0. The number of pyridine rings is 1. The summed E-state index contributed by atoms with van der Waals surface area (Å²) in [6.07, 6.45) is 3.70. The number of aromatic amines is 1. The molecule has 0 bridgehead atoms. The van der Waals surface area contributed by atoms with E-state index in [-0.39, 0.29) is 5.56 Å². The number of aromatic nitrogens is 1. The third kappa shape index (κ3) is 1.42. The van der Waals surface area contributed by atoms with Gasteiger partial charge in [-0.05, 0) is 19.2 Å². The van der Waals surface area contributed by atoms with Gasteiger partial charge in [-0.2, -0.15) is 0 Å². The highest BCUT2D eigenvalue weighted by atomic mass is 32.2. The molecule has 0 saturated carbocycles. The van der Waals surface area contributed by atoms with Crippen molar-refractivity contribution in [3.63, 3.8) is 0 Å². The van der Waals surface area contributed by atoms with Gasteiger partial charge in [-0.25, -0.2) is 0 Å². The van der Waals surface area contributed by atoms with Crippen LogP contribution in [-0.4, -0.2) is 11.2 Å². The Balaban J connectivity index is 3.17. The van der Waals surface area contributed by atoms with Crippen molar-refractivity contribution in [3.8, 4) is 0 Å². The van der Waals surface area contributed by atoms with Crippen LogP contribution in [0.25, 0.3) is 0 Å². The van der Waals surface area contributed by atoms with Crippen LogP contribution < -0.4 is 5.56 Å². The highest BCUT2D eigenvalue weighted by molar-refractivity contribution is 7.98. The van der Waals surface area contributed by atoms with Gasteiger partial charge in [0.25, 0.3) is 5.56 Å². The van der Waals surface area contributed by atoms with Crippen LogP contribution in [-0.2, 0) is 0 Å². The zero-order chi connectivity index (χ0) is 7.56. The van der Waals surface area contributed by atoms with Crippen molar-refractivity contribution in [2.75, 3.05) is 6.26 Å². The molecule has 0 aliphatic heterocycles. The summed E-state index contributed by atoms with van der Waals surface area (Å²) in [5.74, 6) is 0. The van der Waals surface area contributed by atoms with E-state index in [9.17, 15) is 4.79 Å². The lowest BCUT2D eigenvalue weighted by atomic mass is 10.3. The van der Waals surface area contributed by atoms with Gasteiger partial charge in [-0.15, -0.1) is 11.8 Å². The van der Waals surface area contributed by atoms with Gasteiger partial charge < -0.3 is 4.98 Å². The second-order valence-corrected chi connectivity index (χ2v) is 2.93. The first-order valence-electron chi connectivity index (χ1n) is 2.97. The lowest BCUT2D eigenvalue weighted by Crippen LogP contribution is -2.07. The van der Waals surface area contributed by atoms with Gasteiger partial charge >= 0.3 is 0 Å². The lowest BCUT2D eigenvalue weighted by Gasteiger charge is -1.94. The Morgan fingerprint density at radius 2 is 2.30 bits per heavy atom. The molecule has 0 unspecified atom stereocenters. The van der Waals surface area contributed by atoms with E-state index >= 15 is 0 Å². The SMILES string of the molecule is CSc1c[nH]c(=O)c(C)c1. The summed E-state index contributed by atoms with van der Waals surface area (Å²) in [6, 6.07) is 1.88. The van der Waals surface area contributed by atoms with E-state index in [4.69, 9.17) is 0 Å². The molecule has 54 valence electrons. The number of nitrogens with one attached hydrogen (secondary N) is 1. The van der Waals surface area contributed by atoms with E-state index in [0.717, 1.165) is 10.5 Å². The van der Waals surface area contributed by atoms with E-state index in [2.05, 4.69) is 4.98 Å². The van der Waals surface area contributed by atoms with Crippen molar-refractivity contribution in [3.05, 3.63) is 28.2 Å². The van der Waals surface area contributed by atoms with Crippen LogP contribution in [0.15, 0.2) is 22.0 Å². The molecule has 10 heavy (non-hydrogen) atoms. The Hall–Kier alpha value is -0.700. The van der Waals surface area contributed by atoms with Gasteiger partial charge in [0.2, 0.25) is 0 Å². The standard InChI is InChI=1S/C7H9NOS/c1-5-3-6(10-2)4-8-7(5)9/h3-4H,1-2H3,(H,8,9). The molecule has 1 aromatic rings. The van der Waals surface area contributed by atoms with E-state index in [1.807, 2.05) is 12.3 Å². The largest absolute Gasteiger partial charge is 0.328 e. The lowest BCUT2D eigenvalue weighted by molar-refractivity contribution is 1.12. The molecule has 0 atom stereocenters. The third-order valence-electron chi connectivity index (χ3n) is 1.30.